The van der Waals surface area contributed by atoms with Crippen LogP contribution in [0, 0.1) is 36.5 Å². The molecule has 4 heteroatoms. The average molecular weight is 519 g/mol. The summed E-state index contributed by atoms with van der Waals surface area (Å²) in [7, 11) is 0. The summed E-state index contributed by atoms with van der Waals surface area (Å²) in [4.78, 5) is 0. The van der Waals surface area contributed by atoms with Gasteiger partial charge >= 0.3 is 0 Å². The van der Waals surface area contributed by atoms with Gasteiger partial charge < -0.3 is 9.13 Å². The number of aryl methyl sites for hydroxylation is 2. The van der Waals surface area contributed by atoms with Gasteiger partial charge in [-0.1, -0.05) is 73.5 Å². The minimum absolute atomic E-state index is 0.638. The second-order valence-electron chi connectivity index (χ2n) is 9.55. The van der Waals surface area contributed by atoms with Gasteiger partial charge in [-0.2, -0.15) is 10.5 Å². The van der Waals surface area contributed by atoms with E-state index in [1.54, 1.807) is 0 Å². The third-order valence-corrected chi connectivity index (χ3v) is 6.98. The van der Waals surface area contributed by atoms with E-state index >= 15 is 0 Å². The Bertz CT molecular complexity index is 1710. The Labute approximate surface area is 235 Å². The van der Waals surface area contributed by atoms with Gasteiger partial charge in [0.2, 0.25) is 0 Å². The number of nitriles is 2. The van der Waals surface area contributed by atoms with Crippen molar-refractivity contribution in [2.75, 3.05) is 0 Å². The molecule has 0 spiro atoms. The van der Waals surface area contributed by atoms with E-state index in [4.69, 9.17) is 0 Å². The summed E-state index contributed by atoms with van der Waals surface area (Å²) in [5.41, 5.74) is 12.1. The first-order valence-corrected chi connectivity index (χ1v) is 13.5. The third-order valence-electron chi connectivity index (χ3n) is 6.98. The molecule has 194 valence electrons. The van der Waals surface area contributed by atoms with E-state index in [0.29, 0.717) is 11.1 Å². The Kier molecular flexibility index (Phi) is 7.36. The minimum atomic E-state index is 0.638. The van der Waals surface area contributed by atoms with Crippen molar-refractivity contribution in [2.24, 2.45) is 0 Å². The Morgan fingerprint density at radius 2 is 0.800 bits per heavy atom. The summed E-state index contributed by atoms with van der Waals surface area (Å²) in [6.45, 7) is 8.18. The highest BCUT2D eigenvalue weighted by Crippen LogP contribution is 2.38. The highest BCUT2D eigenvalue weighted by molar-refractivity contribution is 5.93. The molecule has 0 aliphatic rings. The normalized spacial score (nSPS) is 10.4. The number of hydrogen-bond donors (Lipinski definition) is 0. The second-order valence-corrected chi connectivity index (χ2v) is 9.55. The standard InChI is InChI=1S/C34H24N4.C2H6/c1-23-3-15-29(16-4-23)37-31(27-11-7-25(21-35)8-12-27)19-34-33(37)20-32(28-13-9-26(22-36)10-14-28)38(34)30-17-5-24(2)6-18-30;1-2/h3-20H,1-2H3;1-2H3. The van der Waals surface area contributed by atoms with Crippen LogP contribution < -0.4 is 0 Å². The van der Waals surface area contributed by atoms with Crippen LogP contribution in [-0.4, -0.2) is 9.13 Å². The van der Waals surface area contributed by atoms with E-state index in [1.165, 1.54) is 11.1 Å². The fraction of sp³-hybridized carbons (Fsp3) is 0.111. The summed E-state index contributed by atoms with van der Waals surface area (Å²) in [5, 5.41) is 18.6. The Balaban J connectivity index is 0.00000158. The zero-order valence-electron chi connectivity index (χ0n) is 23.2. The third kappa shape index (κ3) is 4.80. The molecule has 0 radical (unpaired) electrons. The van der Waals surface area contributed by atoms with E-state index in [0.717, 1.165) is 44.9 Å². The van der Waals surface area contributed by atoms with E-state index in [-0.39, 0.29) is 0 Å². The van der Waals surface area contributed by atoms with E-state index in [2.05, 4.69) is 95.8 Å². The molecule has 0 fully saturated rings. The molecule has 0 aliphatic heterocycles. The zero-order chi connectivity index (χ0) is 28.2. The molecule has 2 aromatic heterocycles. The van der Waals surface area contributed by atoms with Gasteiger partial charge in [0.15, 0.2) is 0 Å². The van der Waals surface area contributed by atoms with Crippen molar-refractivity contribution in [3.8, 4) is 46.0 Å². The van der Waals surface area contributed by atoms with Crippen LogP contribution in [0.4, 0.5) is 0 Å². The minimum Gasteiger partial charge on any atom is -0.308 e. The van der Waals surface area contributed by atoms with Crippen molar-refractivity contribution in [3.63, 3.8) is 0 Å². The number of hydrogen-bond acceptors (Lipinski definition) is 2. The van der Waals surface area contributed by atoms with Gasteiger partial charge in [-0.25, -0.2) is 0 Å². The van der Waals surface area contributed by atoms with Crippen LogP contribution >= 0.6 is 0 Å². The maximum absolute atomic E-state index is 9.32. The molecule has 6 rings (SSSR count). The Hall–Kier alpha value is -5.32. The zero-order valence-corrected chi connectivity index (χ0v) is 23.2. The molecule has 0 saturated carbocycles. The van der Waals surface area contributed by atoms with Gasteiger partial charge in [0.05, 0.1) is 45.7 Å². The smallest absolute Gasteiger partial charge is 0.0991 e. The number of nitrogens with zero attached hydrogens (tertiary/aromatic N) is 4. The molecular formula is C36H30N4. The van der Waals surface area contributed by atoms with E-state index in [9.17, 15) is 10.5 Å². The molecule has 4 aromatic carbocycles. The van der Waals surface area contributed by atoms with Gasteiger partial charge in [0.1, 0.15) is 0 Å². The van der Waals surface area contributed by atoms with Crippen LogP contribution in [0.1, 0.15) is 36.1 Å². The molecule has 0 N–H and O–H groups in total. The number of aromatic nitrogens is 2. The van der Waals surface area contributed by atoms with Gasteiger partial charge in [-0.3, -0.25) is 0 Å². The molecule has 2 heterocycles. The number of rotatable bonds is 4. The Morgan fingerprint density at radius 3 is 1.10 bits per heavy atom. The quantitative estimate of drug-likeness (QED) is 0.234. The van der Waals surface area contributed by atoms with Gasteiger partial charge in [-0.05, 0) is 85.6 Å². The van der Waals surface area contributed by atoms with Crippen molar-refractivity contribution < 1.29 is 0 Å². The maximum atomic E-state index is 9.32. The predicted molar refractivity (Wildman–Crippen MR) is 164 cm³/mol. The average Bonchev–Trinajstić information content (AvgIpc) is 3.56. The van der Waals surface area contributed by atoms with Crippen molar-refractivity contribution in [1.29, 1.82) is 10.5 Å². The lowest BCUT2D eigenvalue weighted by Crippen LogP contribution is -1.97. The fourth-order valence-electron chi connectivity index (χ4n) is 4.95. The molecule has 0 bridgehead atoms. The summed E-state index contributed by atoms with van der Waals surface area (Å²) >= 11 is 0. The molecule has 0 saturated heterocycles. The van der Waals surface area contributed by atoms with Gasteiger partial charge in [0, 0.05) is 11.4 Å². The largest absolute Gasteiger partial charge is 0.308 e. The molecule has 0 amide bonds. The lowest BCUT2D eigenvalue weighted by molar-refractivity contribution is 1.13. The first-order valence-electron chi connectivity index (χ1n) is 13.5. The van der Waals surface area contributed by atoms with Crippen molar-refractivity contribution in [2.45, 2.75) is 27.7 Å². The second kappa shape index (κ2) is 11.2. The lowest BCUT2D eigenvalue weighted by atomic mass is 10.1. The molecule has 4 nitrogen and oxygen atoms in total. The fourth-order valence-corrected chi connectivity index (χ4v) is 4.95. The monoisotopic (exact) mass is 518 g/mol. The first kappa shape index (κ1) is 26.3. The maximum Gasteiger partial charge on any atom is 0.0991 e. The Morgan fingerprint density at radius 1 is 0.475 bits per heavy atom. The van der Waals surface area contributed by atoms with Crippen LogP contribution in [-0.2, 0) is 0 Å². The first-order chi connectivity index (χ1) is 19.6. The summed E-state index contributed by atoms with van der Waals surface area (Å²) in [6.07, 6.45) is 0. The van der Waals surface area contributed by atoms with E-state index in [1.807, 2.05) is 62.4 Å². The molecule has 0 atom stereocenters. The predicted octanol–water partition coefficient (Wildman–Crippen LogP) is 9.14. The molecular weight excluding hydrogens is 488 g/mol. The highest BCUT2D eigenvalue weighted by atomic mass is 15.1. The van der Waals surface area contributed by atoms with Crippen molar-refractivity contribution in [1.82, 2.24) is 9.13 Å². The molecule has 0 unspecified atom stereocenters. The number of fused-ring (bicyclic) bond motifs is 1. The SMILES string of the molecule is CC.Cc1ccc(-n2c(-c3ccc(C#N)cc3)cc3c2cc(-c2ccc(C#N)cc2)n3-c2ccc(C)cc2)cc1. The number of benzene rings is 4. The van der Waals surface area contributed by atoms with Gasteiger partial charge in [0.25, 0.3) is 0 Å². The summed E-state index contributed by atoms with van der Waals surface area (Å²) in [5.74, 6) is 0. The van der Waals surface area contributed by atoms with E-state index < -0.39 is 0 Å². The molecule has 40 heavy (non-hydrogen) atoms. The lowest BCUT2D eigenvalue weighted by Gasteiger charge is -2.12. The van der Waals surface area contributed by atoms with Crippen LogP contribution in [0.25, 0.3) is 44.9 Å². The topological polar surface area (TPSA) is 57.4 Å². The van der Waals surface area contributed by atoms with Crippen LogP contribution in [0.5, 0.6) is 0 Å². The summed E-state index contributed by atoms with van der Waals surface area (Å²) < 4.78 is 4.57. The van der Waals surface area contributed by atoms with Crippen LogP contribution in [0.3, 0.4) is 0 Å². The van der Waals surface area contributed by atoms with Crippen LogP contribution in [0.15, 0.2) is 109 Å². The van der Waals surface area contributed by atoms with Gasteiger partial charge in [-0.15, -0.1) is 0 Å². The molecule has 0 aliphatic carbocycles. The highest BCUT2D eigenvalue weighted by Gasteiger charge is 2.20. The van der Waals surface area contributed by atoms with Crippen LogP contribution in [0.2, 0.25) is 0 Å². The van der Waals surface area contributed by atoms with Crippen molar-refractivity contribution >= 4 is 11.0 Å². The summed E-state index contributed by atoms with van der Waals surface area (Å²) in [6, 6.07) is 41.5. The molecule has 6 aromatic rings. The van der Waals surface area contributed by atoms with Crippen molar-refractivity contribution in [3.05, 3.63) is 131 Å².